The lowest BCUT2D eigenvalue weighted by Crippen LogP contribution is -2.31. The predicted molar refractivity (Wildman–Crippen MR) is 531 cm³/mol. The lowest BCUT2D eigenvalue weighted by Gasteiger charge is -2.29. The molecule has 0 radical (unpaired) electrons. The summed E-state index contributed by atoms with van der Waals surface area (Å²) in [7, 11) is 12.3. The number of benzene rings is 4. The van der Waals surface area contributed by atoms with Crippen molar-refractivity contribution >= 4 is 66.5 Å². The molecule has 11 aromatic heterocycles. The lowest BCUT2D eigenvalue weighted by molar-refractivity contribution is -0.141. The molecule has 2 amide bonds. The van der Waals surface area contributed by atoms with E-state index in [1.807, 2.05) is 74.6 Å². The molecule has 0 spiro atoms. The van der Waals surface area contributed by atoms with Gasteiger partial charge in [0.2, 0.25) is 11.8 Å². The zero-order valence-corrected chi connectivity index (χ0v) is 80.1. The van der Waals surface area contributed by atoms with Gasteiger partial charge in [0.15, 0.2) is 0 Å². The average molecular weight is 1850 g/mol. The highest BCUT2D eigenvalue weighted by molar-refractivity contribution is 5.91. The van der Waals surface area contributed by atoms with Crippen LogP contribution in [-0.2, 0) is 119 Å². The van der Waals surface area contributed by atoms with Crippen molar-refractivity contribution in [1.82, 2.24) is 82.6 Å². The van der Waals surface area contributed by atoms with Gasteiger partial charge >= 0.3 is 6.18 Å². The molecule has 137 heavy (non-hydrogen) atoms. The van der Waals surface area contributed by atoms with Crippen molar-refractivity contribution in [1.29, 1.82) is 0 Å². The average Bonchev–Trinajstić information content (AvgIpc) is 1.66. The van der Waals surface area contributed by atoms with Gasteiger partial charge in [-0.05, 0) is 259 Å². The van der Waals surface area contributed by atoms with Gasteiger partial charge in [-0.2, -0.15) is 13.2 Å². The molecule has 3 N–H and O–H groups in total. The summed E-state index contributed by atoms with van der Waals surface area (Å²) in [5.74, 6) is -1.60. The van der Waals surface area contributed by atoms with Crippen LogP contribution in [0, 0.1) is 41.5 Å². The summed E-state index contributed by atoms with van der Waals surface area (Å²) in [5.41, 5.74) is 61.8. The number of nitrogens with one attached hydrogen (secondary N) is 1. The van der Waals surface area contributed by atoms with Crippen molar-refractivity contribution in [2.45, 2.75) is 182 Å². The van der Waals surface area contributed by atoms with Crippen molar-refractivity contribution in [3.63, 3.8) is 0 Å². The molecule has 0 aliphatic carbocycles. The second kappa shape index (κ2) is 41.6. The molecule has 16 heterocycles. The first-order valence-corrected chi connectivity index (χ1v) is 46.6. The van der Waals surface area contributed by atoms with Gasteiger partial charge in [-0.15, -0.1) is 0 Å². The second-order valence-corrected chi connectivity index (χ2v) is 37.6. The van der Waals surface area contributed by atoms with Gasteiger partial charge in [-0.25, -0.2) is 4.98 Å². The van der Waals surface area contributed by atoms with Crippen LogP contribution in [0.25, 0.3) is 86.0 Å². The van der Waals surface area contributed by atoms with Gasteiger partial charge in [-0.1, -0.05) is 80.1 Å². The summed E-state index contributed by atoms with van der Waals surface area (Å²) < 4.78 is 50.2. The maximum absolute atomic E-state index is 12.9. The third-order valence-electron chi connectivity index (χ3n) is 27.6. The third kappa shape index (κ3) is 21.0. The Hall–Kier alpha value is -14.1. The Kier molecular flexibility index (Phi) is 29.2. The Bertz CT molecular complexity index is 6920. The number of nitrogens with two attached hydrogens (primary N) is 1. The molecular weight excluding hydrogens is 1730 g/mol. The van der Waals surface area contributed by atoms with Crippen LogP contribution in [0.15, 0.2) is 211 Å². The van der Waals surface area contributed by atoms with Crippen molar-refractivity contribution in [3.8, 4) is 0 Å². The highest BCUT2D eigenvalue weighted by Crippen LogP contribution is 2.42. The number of pyridine rings is 6. The van der Waals surface area contributed by atoms with E-state index in [-0.39, 0.29) is 23.9 Å². The van der Waals surface area contributed by atoms with Crippen LogP contribution >= 0.6 is 0 Å². The summed E-state index contributed by atoms with van der Waals surface area (Å²) in [6, 6.07) is 45.5. The topological polar surface area (TPSA) is 337 Å². The number of halogens is 3. The first-order valence-electron chi connectivity index (χ1n) is 46.6. The van der Waals surface area contributed by atoms with E-state index in [0.717, 1.165) is 154 Å². The molecule has 0 bridgehead atoms. The number of aryl methyl sites for hydroxylation is 6. The van der Waals surface area contributed by atoms with Gasteiger partial charge in [0.1, 0.15) is 11.3 Å². The van der Waals surface area contributed by atoms with Gasteiger partial charge in [-0.3, -0.25) is 34.5 Å². The number of likely N-dealkylation sites (N-methyl/N-ethyl adjacent to an activating group) is 6. The van der Waals surface area contributed by atoms with E-state index in [0.29, 0.717) is 38.3 Å². The molecule has 5 aliphatic heterocycles. The Balaban J connectivity index is 0.000000124. The number of carbonyl (C=O) groups is 2. The Morgan fingerprint density at radius 3 is 1.22 bits per heavy atom. The summed E-state index contributed by atoms with van der Waals surface area (Å²) >= 11 is 0. The summed E-state index contributed by atoms with van der Waals surface area (Å²) in [6.07, 6.45) is 15.7. The summed E-state index contributed by atoms with van der Waals surface area (Å²) in [5, 5.41) is 21.3. The predicted octanol–water partition coefficient (Wildman–Crippen LogP) is 19.5. The quantitative estimate of drug-likeness (QED) is 0.0408. The molecule has 0 saturated heterocycles. The van der Waals surface area contributed by atoms with Crippen LogP contribution in [0.1, 0.15) is 154 Å². The zero-order valence-electron chi connectivity index (χ0n) is 80.1. The SMILES string of the molecule is CNC(=O)C(Cn1c2c(c3cc(C)ccc31)CN(C)CC2)c1ccc(C(F)(F)F)nc1.Cc1ccc2c(c1)c1c(n2CC(C(N)=O)c2ccc(C)nc2)CCN(C)C1.Cc1ccc2c(c1)c1c(n2CC(C)(N=[N+]=[N-])c2cccnc2)CCN(C)C1.Cc1ccc2c(c1)c1c(n2CC(N=[N+]=[N-])c2ccncc2)CCN(C)C1.Cc1cnc2c(c1)c1c(n2CC(N=[N+]=[N-])c2ccncc2)CCN(C)C1. The Labute approximate surface area is 795 Å². The molecule has 29 nitrogen and oxygen atoms in total. The lowest BCUT2D eigenvalue weighted by atomic mass is 9.94. The van der Waals surface area contributed by atoms with E-state index in [9.17, 15) is 28.3 Å². The van der Waals surface area contributed by atoms with Crippen molar-refractivity contribution in [2.75, 3.05) is 75.0 Å². The number of aromatic nitrogens is 11. The Morgan fingerprint density at radius 2 is 0.825 bits per heavy atom. The van der Waals surface area contributed by atoms with E-state index in [1.165, 1.54) is 136 Å². The highest BCUT2D eigenvalue weighted by atomic mass is 19.4. The summed E-state index contributed by atoms with van der Waals surface area (Å²) in [4.78, 5) is 71.1. The van der Waals surface area contributed by atoms with Gasteiger partial charge in [0, 0.05) is 291 Å². The van der Waals surface area contributed by atoms with E-state index in [1.54, 1.807) is 43.4 Å². The first-order chi connectivity index (χ1) is 66.0. The number of alkyl halides is 3. The minimum absolute atomic E-state index is 0.247. The zero-order chi connectivity index (χ0) is 96.7. The van der Waals surface area contributed by atoms with Crippen LogP contribution in [-0.4, -0.2) is 164 Å². The van der Waals surface area contributed by atoms with Crippen LogP contribution < -0.4 is 11.1 Å². The smallest absolute Gasteiger partial charge is 0.369 e. The van der Waals surface area contributed by atoms with Crippen molar-refractivity contribution < 1.29 is 22.8 Å². The minimum atomic E-state index is -4.51. The molecule has 706 valence electrons. The van der Waals surface area contributed by atoms with Gasteiger partial charge in [0.25, 0.3) is 0 Å². The molecule has 4 aromatic carbocycles. The fourth-order valence-corrected chi connectivity index (χ4v) is 20.4. The minimum Gasteiger partial charge on any atom is -0.369 e. The maximum Gasteiger partial charge on any atom is 0.433 e. The molecule has 15 aromatic rings. The van der Waals surface area contributed by atoms with Crippen molar-refractivity contribution in [2.24, 2.45) is 21.1 Å². The molecular formula is C105H118F3N27O2. The Morgan fingerprint density at radius 1 is 0.431 bits per heavy atom. The number of amides is 2. The van der Waals surface area contributed by atoms with E-state index >= 15 is 0 Å². The molecule has 5 aliphatic rings. The molecule has 0 saturated carbocycles. The number of fused-ring (bicyclic) bond motifs is 15. The van der Waals surface area contributed by atoms with Crippen molar-refractivity contribution in [3.05, 3.63) is 350 Å². The fourth-order valence-electron chi connectivity index (χ4n) is 20.4. The summed E-state index contributed by atoms with van der Waals surface area (Å²) in [6.45, 7) is 26.8. The third-order valence-corrected chi connectivity index (χ3v) is 27.6. The number of hydrogen-bond donors (Lipinski definition) is 2. The number of hydrogen-bond acceptors (Lipinski definition) is 16. The molecule has 0 fully saturated rings. The number of rotatable bonds is 20. The fraction of sp³-hybridized carbons (Fsp3) is 0.371. The second-order valence-electron chi connectivity index (χ2n) is 37.6. The monoisotopic (exact) mass is 1850 g/mol. The number of primary amides is 1. The van der Waals surface area contributed by atoms with Crippen LogP contribution in [0.3, 0.4) is 0 Å². The first kappa shape index (κ1) is 96.1. The molecule has 32 heteroatoms. The molecule has 5 unspecified atom stereocenters. The maximum atomic E-state index is 12.9. The van der Waals surface area contributed by atoms with Crippen LogP contribution in [0.5, 0.6) is 0 Å². The van der Waals surface area contributed by atoms with Gasteiger partial charge < -0.3 is 58.4 Å². The largest absolute Gasteiger partial charge is 0.433 e. The van der Waals surface area contributed by atoms with Crippen LogP contribution in [0.2, 0.25) is 0 Å². The molecule has 20 rings (SSSR count). The van der Waals surface area contributed by atoms with Crippen LogP contribution in [0.4, 0.5) is 13.2 Å². The van der Waals surface area contributed by atoms with E-state index < -0.39 is 29.2 Å². The standard InChI is InChI=1S/C23H25F3N4O.C22H26N4O.C21H24N6.C20H22N6.C19H21N7/c1-14-4-6-19-16(10-14)18-12-29(3)9-8-20(18)30(19)13-17(22(31)27-2)15-5-7-21(28-11-15)23(24,25)26;1-14-4-7-20-17(10-14)19-12-25(3)9-8-21(19)26(20)13-18(22(23)27)16-6-5-15(2)24-11-16;1-15-6-7-19-17(11-15)18-13-26(3)10-8-20(18)27(19)14-21(2,24-25-22)16-5-4-9-23-12-16;1-14-3-4-19-16(11-14)17-12-25(2)10-7-20(17)26(19)13-18(23-24-21)15-5-8-22-9-6-15;1-13-9-15-16-11-25(2)8-5-18(16)26(19(15)22-10-13)12-17(23-24-20)14-3-6-21-7-4-14/h4-7,10-11,17H,8-9,12-13H2,1-3H3,(H,27,31);4-7,10-11,18H,8-9,12-13H2,1-3H3,(H2,23,27);4-7,9,11-12H,8,10,13-14H2,1-3H3;3-6,8-9,11,18H,7,10,12-13H2,1-2H3;3-4,6-7,9-10,17H,5,8,11-12H2,1-2H3. The highest BCUT2D eigenvalue weighted by Gasteiger charge is 2.37. The number of nitrogens with zero attached hydrogens (tertiary/aromatic N) is 25. The normalized spacial score (nSPS) is 15.8. The number of azide groups is 3. The van der Waals surface area contributed by atoms with Gasteiger partial charge in [0.05, 0.1) is 29.5 Å². The van der Waals surface area contributed by atoms with E-state index in [4.69, 9.17) is 21.8 Å². The molecule has 5 atom stereocenters. The number of carbonyl (C=O) groups excluding carboxylic acids is 2. The van der Waals surface area contributed by atoms with E-state index in [2.05, 4.69) is 250 Å².